The van der Waals surface area contributed by atoms with E-state index in [1.807, 2.05) is 25.1 Å². The Hall–Kier alpha value is -2.38. The van der Waals surface area contributed by atoms with Crippen molar-refractivity contribution in [2.75, 3.05) is 11.3 Å². The van der Waals surface area contributed by atoms with Crippen molar-refractivity contribution in [3.63, 3.8) is 0 Å². The second kappa shape index (κ2) is 8.54. The van der Waals surface area contributed by atoms with Crippen molar-refractivity contribution in [1.29, 1.82) is 0 Å². The van der Waals surface area contributed by atoms with Crippen molar-refractivity contribution in [2.24, 2.45) is 0 Å². The molecule has 0 aliphatic carbocycles. The summed E-state index contributed by atoms with van der Waals surface area (Å²) in [5.74, 6) is -0.309. The van der Waals surface area contributed by atoms with E-state index in [9.17, 15) is 18.3 Å². The number of benzene rings is 2. The normalized spacial score (nSPS) is 11.9. The molecule has 146 valence electrons. The zero-order valence-electron chi connectivity index (χ0n) is 15.8. The number of hydrogen-bond acceptors (Lipinski definition) is 4. The van der Waals surface area contributed by atoms with Crippen LogP contribution in [0.25, 0.3) is 0 Å². The van der Waals surface area contributed by atoms with Gasteiger partial charge >= 0.3 is 0 Å². The third kappa shape index (κ3) is 7.03. The van der Waals surface area contributed by atoms with E-state index in [1.54, 1.807) is 44.2 Å². The Kier molecular flexibility index (Phi) is 6.62. The average Bonchev–Trinajstić information content (AvgIpc) is 2.55. The number of aliphatic hydroxyl groups excluding tert-OH is 1. The van der Waals surface area contributed by atoms with Crippen LogP contribution in [0, 0.1) is 6.92 Å². The molecule has 0 radical (unpaired) electrons. The van der Waals surface area contributed by atoms with Crippen LogP contribution in [0.15, 0.2) is 48.5 Å². The fraction of sp³-hybridized carbons (Fsp3) is 0.350. The number of hydrogen-bond donors (Lipinski definition) is 3. The predicted octanol–water partition coefficient (Wildman–Crippen LogP) is 2.37. The molecule has 7 heteroatoms. The third-order valence-electron chi connectivity index (χ3n) is 3.90. The van der Waals surface area contributed by atoms with Crippen LogP contribution < -0.4 is 10.0 Å². The van der Waals surface area contributed by atoms with E-state index >= 15 is 0 Å². The Balaban J connectivity index is 1.97. The SMILES string of the molecule is Cc1cccc(CS(=O)(=O)Nc2ccc(CC(=O)NC(C)(C)CO)cc2)c1. The van der Waals surface area contributed by atoms with Gasteiger partial charge in [-0.05, 0) is 44.0 Å². The lowest BCUT2D eigenvalue weighted by molar-refractivity contribution is -0.122. The average molecular weight is 391 g/mol. The quantitative estimate of drug-likeness (QED) is 0.645. The molecular weight excluding hydrogens is 364 g/mol. The summed E-state index contributed by atoms with van der Waals surface area (Å²) < 4.78 is 27.2. The van der Waals surface area contributed by atoms with Crippen LogP contribution in [0.5, 0.6) is 0 Å². The molecule has 0 saturated heterocycles. The smallest absolute Gasteiger partial charge is 0.236 e. The summed E-state index contributed by atoms with van der Waals surface area (Å²) in [6.07, 6.45) is 0.153. The van der Waals surface area contributed by atoms with Gasteiger partial charge in [-0.3, -0.25) is 9.52 Å². The maximum absolute atomic E-state index is 12.3. The Labute approximate surface area is 160 Å². The number of carbonyl (C=O) groups is 1. The highest BCUT2D eigenvalue weighted by Gasteiger charge is 2.19. The second-order valence-corrected chi connectivity index (χ2v) is 9.04. The first-order chi connectivity index (χ1) is 12.6. The highest BCUT2D eigenvalue weighted by molar-refractivity contribution is 7.91. The molecule has 2 aromatic carbocycles. The van der Waals surface area contributed by atoms with Crippen molar-refractivity contribution >= 4 is 21.6 Å². The van der Waals surface area contributed by atoms with Gasteiger partial charge in [0, 0.05) is 5.69 Å². The molecule has 3 N–H and O–H groups in total. The fourth-order valence-corrected chi connectivity index (χ4v) is 3.76. The topological polar surface area (TPSA) is 95.5 Å². The molecule has 0 aromatic heterocycles. The van der Waals surface area contributed by atoms with Gasteiger partial charge in [-0.2, -0.15) is 0 Å². The first-order valence-corrected chi connectivity index (χ1v) is 10.3. The lowest BCUT2D eigenvalue weighted by Crippen LogP contribution is -2.46. The molecular formula is C20H26N2O4S. The Bertz CT molecular complexity index is 890. The molecule has 0 aliphatic heterocycles. The van der Waals surface area contributed by atoms with Gasteiger partial charge in [0.25, 0.3) is 0 Å². The maximum atomic E-state index is 12.3. The minimum atomic E-state index is -3.52. The van der Waals surface area contributed by atoms with E-state index in [4.69, 9.17) is 0 Å². The van der Waals surface area contributed by atoms with Crippen LogP contribution in [0.4, 0.5) is 5.69 Å². The molecule has 27 heavy (non-hydrogen) atoms. The van der Waals surface area contributed by atoms with Gasteiger partial charge < -0.3 is 10.4 Å². The Morgan fingerprint density at radius 1 is 1.07 bits per heavy atom. The van der Waals surface area contributed by atoms with Crippen LogP contribution >= 0.6 is 0 Å². The molecule has 2 rings (SSSR count). The first kappa shape index (κ1) is 20.9. The Morgan fingerprint density at radius 2 is 1.74 bits per heavy atom. The molecule has 0 fully saturated rings. The Morgan fingerprint density at radius 3 is 2.33 bits per heavy atom. The molecule has 2 aromatic rings. The van der Waals surface area contributed by atoms with Gasteiger partial charge in [-0.15, -0.1) is 0 Å². The van der Waals surface area contributed by atoms with Crippen molar-refractivity contribution in [2.45, 2.75) is 38.5 Å². The molecule has 0 unspecified atom stereocenters. The monoisotopic (exact) mass is 390 g/mol. The first-order valence-electron chi connectivity index (χ1n) is 8.65. The van der Waals surface area contributed by atoms with E-state index in [0.717, 1.165) is 16.7 Å². The number of carbonyl (C=O) groups excluding carboxylic acids is 1. The zero-order valence-corrected chi connectivity index (χ0v) is 16.6. The number of rotatable bonds is 8. The van der Waals surface area contributed by atoms with Gasteiger partial charge in [0.15, 0.2) is 0 Å². The van der Waals surface area contributed by atoms with Gasteiger partial charge in [0.2, 0.25) is 15.9 Å². The highest BCUT2D eigenvalue weighted by Crippen LogP contribution is 2.15. The van der Waals surface area contributed by atoms with E-state index in [1.165, 1.54) is 0 Å². The van der Waals surface area contributed by atoms with Crippen LogP contribution in [0.1, 0.15) is 30.5 Å². The van der Waals surface area contributed by atoms with Crippen molar-refractivity contribution in [1.82, 2.24) is 5.32 Å². The second-order valence-electron chi connectivity index (χ2n) is 7.31. The predicted molar refractivity (Wildman–Crippen MR) is 107 cm³/mol. The van der Waals surface area contributed by atoms with E-state index < -0.39 is 15.6 Å². The molecule has 0 aliphatic rings. The van der Waals surface area contributed by atoms with Crippen LogP contribution in [-0.4, -0.2) is 31.6 Å². The maximum Gasteiger partial charge on any atom is 0.236 e. The molecule has 0 heterocycles. The summed E-state index contributed by atoms with van der Waals surface area (Å²) in [4.78, 5) is 12.0. The lowest BCUT2D eigenvalue weighted by atomic mass is 10.1. The molecule has 0 saturated carbocycles. The van der Waals surface area contributed by atoms with Crippen LogP contribution in [0.2, 0.25) is 0 Å². The van der Waals surface area contributed by atoms with Crippen LogP contribution in [0.3, 0.4) is 0 Å². The van der Waals surface area contributed by atoms with E-state index in [2.05, 4.69) is 10.0 Å². The largest absolute Gasteiger partial charge is 0.394 e. The van der Waals surface area contributed by atoms with Gasteiger partial charge in [0.05, 0.1) is 24.3 Å². The number of nitrogens with one attached hydrogen (secondary N) is 2. The molecule has 1 amide bonds. The fourth-order valence-electron chi connectivity index (χ4n) is 2.57. The summed E-state index contributed by atoms with van der Waals surface area (Å²) in [7, 11) is -3.52. The number of aliphatic hydroxyl groups is 1. The van der Waals surface area contributed by atoms with Gasteiger partial charge in [0.1, 0.15) is 0 Å². The standard InChI is InChI=1S/C20H26N2O4S/c1-15-5-4-6-17(11-15)13-27(25,26)22-18-9-7-16(8-10-18)12-19(24)21-20(2,3)14-23/h4-11,22-23H,12-14H2,1-3H3,(H,21,24). The van der Waals surface area contributed by atoms with Crippen molar-refractivity contribution in [3.05, 3.63) is 65.2 Å². The highest BCUT2D eigenvalue weighted by atomic mass is 32.2. The number of sulfonamides is 1. The van der Waals surface area contributed by atoms with Crippen LogP contribution in [-0.2, 0) is 27.0 Å². The molecule has 0 atom stereocenters. The van der Waals surface area contributed by atoms with E-state index in [0.29, 0.717) is 5.69 Å². The van der Waals surface area contributed by atoms with E-state index in [-0.39, 0.29) is 24.7 Å². The number of amides is 1. The minimum absolute atomic E-state index is 0.102. The van der Waals surface area contributed by atoms with Crippen molar-refractivity contribution in [3.8, 4) is 0 Å². The van der Waals surface area contributed by atoms with Gasteiger partial charge in [-0.25, -0.2) is 8.42 Å². The van der Waals surface area contributed by atoms with Crippen molar-refractivity contribution < 1.29 is 18.3 Å². The summed E-state index contributed by atoms with van der Waals surface area (Å²) >= 11 is 0. The number of anilines is 1. The number of aryl methyl sites for hydroxylation is 1. The zero-order chi connectivity index (χ0) is 20.1. The van der Waals surface area contributed by atoms with Gasteiger partial charge in [-0.1, -0.05) is 42.0 Å². The third-order valence-corrected chi connectivity index (χ3v) is 5.16. The lowest BCUT2D eigenvalue weighted by Gasteiger charge is -2.23. The summed E-state index contributed by atoms with van der Waals surface area (Å²) in [6, 6.07) is 14.0. The summed E-state index contributed by atoms with van der Waals surface area (Å²) in [5.41, 5.74) is 2.25. The molecule has 0 bridgehead atoms. The molecule has 0 spiro atoms. The minimum Gasteiger partial charge on any atom is -0.394 e. The molecule has 6 nitrogen and oxygen atoms in total. The summed E-state index contributed by atoms with van der Waals surface area (Å²) in [5, 5.41) is 11.9. The summed E-state index contributed by atoms with van der Waals surface area (Å²) in [6.45, 7) is 5.23.